The lowest BCUT2D eigenvalue weighted by atomic mass is 10.1. The number of amides is 1. The Morgan fingerprint density at radius 3 is 2.22 bits per heavy atom. The first kappa shape index (κ1) is 15.8. The van der Waals surface area contributed by atoms with Gasteiger partial charge < -0.3 is 9.64 Å². The van der Waals surface area contributed by atoms with Crippen molar-refractivity contribution in [2.24, 2.45) is 0 Å². The fourth-order valence-corrected chi connectivity index (χ4v) is 3.23. The maximum absolute atomic E-state index is 12.4. The zero-order valence-electron chi connectivity index (χ0n) is 13.5. The molecule has 2 aromatic carbocycles. The Labute approximate surface area is 137 Å². The lowest BCUT2D eigenvalue weighted by Crippen LogP contribution is -2.36. The maximum Gasteiger partial charge on any atom is 0.225 e. The molecule has 0 N–H and O–H groups in total. The minimum atomic E-state index is -0.0172. The van der Waals surface area contributed by atoms with Crippen molar-refractivity contribution >= 4 is 5.91 Å². The molecule has 1 aliphatic heterocycles. The molecule has 3 nitrogen and oxygen atoms in total. The van der Waals surface area contributed by atoms with Crippen molar-refractivity contribution in [3.05, 3.63) is 71.8 Å². The van der Waals surface area contributed by atoms with E-state index in [1.165, 1.54) is 5.56 Å². The standard InChI is InChI=1S/C20H23NO2/c1-2-18-19(23-15-17-11-7-4-8-12-17)13-20(22)21(18)14-16-9-5-3-6-10-16/h3-12,18-19H,2,13-15H2,1H3/t18-,19+/m1/s1. The van der Waals surface area contributed by atoms with Crippen LogP contribution in [0.5, 0.6) is 0 Å². The fraction of sp³-hybridized carbons (Fsp3) is 0.350. The second-order valence-corrected chi connectivity index (χ2v) is 6.02. The molecule has 3 heteroatoms. The van der Waals surface area contributed by atoms with E-state index in [0.29, 0.717) is 19.6 Å². The van der Waals surface area contributed by atoms with Crippen molar-refractivity contribution in [2.45, 2.75) is 45.1 Å². The quantitative estimate of drug-likeness (QED) is 0.812. The lowest BCUT2D eigenvalue weighted by molar-refractivity contribution is -0.129. The predicted molar refractivity (Wildman–Crippen MR) is 90.7 cm³/mol. The first-order chi connectivity index (χ1) is 11.3. The summed E-state index contributed by atoms with van der Waals surface area (Å²) in [5, 5.41) is 0. The van der Waals surface area contributed by atoms with Crippen LogP contribution in [0.15, 0.2) is 60.7 Å². The highest BCUT2D eigenvalue weighted by atomic mass is 16.5. The van der Waals surface area contributed by atoms with Crippen LogP contribution in [-0.2, 0) is 22.7 Å². The molecule has 1 amide bonds. The summed E-state index contributed by atoms with van der Waals surface area (Å²) < 4.78 is 6.07. The topological polar surface area (TPSA) is 29.5 Å². The third-order valence-electron chi connectivity index (χ3n) is 4.45. The van der Waals surface area contributed by atoms with Gasteiger partial charge in [-0.3, -0.25) is 4.79 Å². The normalized spacial score (nSPS) is 20.9. The second-order valence-electron chi connectivity index (χ2n) is 6.02. The van der Waals surface area contributed by atoms with Crippen molar-refractivity contribution in [2.75, 3.05) is 0 Å². The van der Waals surface area contributed by atoms with E-state index in [0.717, 1.165) is 12.0 Å². The summed E-state index contributed by atoms with van der Waals surface area (Å²) in [6, 6.07) is 20.5. The minimum absolute atomic E-state index is 0.0172. The third-order valence-corrected chi connectivity index (χ3v) is 4.45. The summed E-state index contributed by atoms with van der Waals surface area (Å²) in [5.41, 5.74) is 2.32. The highest BCUT2D eigenvalue weighted by molar-refractivity contribution is 5.79. The average molecular weight is 309 g/mol. The zero-order valence-corrected chi connectivity index (χ0v) is 13.5. The number of likely N-dealkylation sites (tertiary alicyclic amines) is 1. The Morgan fingerprint density at radius 2 is 1.61 bits per heavy atom. The van der Waals surface area contributed by atoms with Crippen LogP contribution >= 0.6 is 0 Å². The first-order valence-electron chi connectivity index (χ1n) is 8.27. The Bertz CT molecular complexity index is 627. The summed E-state index contributed by atoms with van der Waals surface area (Å²) in [5.74, 6) is 0.193. The van der Waals surface area contributed by atoms with Gasteiger partial charge in [-0.25, -0.2) is 0 Å². The fourth-order valence-electron chi connectivity index (χ4n) is 3.23. The van der Waals surface area contributed by atoms with E-state index < -0.39 is 0 Å². The molecule has 0 aromatic heterocycles. The molecule has 1 saturated heterocycles. The highest BCUT2D eigenvalue weighted by Crippen LogP contribution is 2.27. The van der Waals surface area contributed by atoms with Gasteiger partial charge in [0.1, 0.15) is 0 Å². The Kier molecular flexibility index (Phi) is 5.09. The van der Waals surface area contributed by atoms with E-state index in [1.807, 2.05) is 41.3 Å². The summed E-state index contributed by atoms with van der Waals surface area (Å²) in [4.78, 5) is 14.4. The number of carbonyl (C=O) groups excluding carboxylic acids is 1. The van der Waals surface area contributed by atoms with Gasteiger partial charge in [0, 0.05) is 6.54 Å². The number of ether oxygens (including phenoxy) is 1. The summed E-state index contributed by atoms with van der Waals surface area (Å²) in [6.45, 7) is 3.36. The maximum atomic E-state index is 12.4. The number of hydrogen-bond acceptors (Lipinski definition) is 2. The molecule has 0 spiro atoms. The van der Waals surface area contributed by atoms with Crippen molar-refractivity contribution in [3.63, 3.8) is 0 Å². The molecule has 3 rings (SSSR count). The van der Waals surface area contributed by atoms with Crippen LogP contribution in [0.4, 0.5) is 0 Å². The lowest BCUT2D eigenvalue weighted by Gasteiger charge is -2.27. The molecule has 120 valence electrons. The Hall–Kier alpha value is -2.13. The van der Waals surface area contributed by atoms with E-state index >= 15 is 0 Å². The molecule has 1 heterocycles. The van der Waals surface area contributed by atoms with E-state index in [1.54, 1.807) is 0 Å². The van der Waals surface area contributed by atoms with Gasteiger partial charge >= 0.3 is 0 Å². The zero-order chi connectivity index (χ0) is 16.1. The third kappa shape index (κ3) is 3.80. The molecule has 0 unspecified atom stereocenters. The van der Waals surface area contributed by atoms with Gasteiger partial charge in [0.2, 0.25) is 5.91 Å². The molecule has 23 heavy (non-hydrogen) atoms. The molecule has 1 fully saturated rings. The van der Waals surface area contributed by atoms with Gasteiger partial charge in [0.05, 0.1) is 25.2 Å². The van der Waals surface area contributed by atoms with Crippen LogP contribution in [0.2, 0.25) is 0 Å². The monoisotopic (exact) mass is 309 g/mol. The van der Waals surface area contributed by atoms with Gasteiger partial charge in [0.15, 0.2) is 0 Å². The Balaban J connectivity index is 1.65. The van der Waals surface area contributed by atoms with Crippen molar-refractivity contribution in [1.29, 1.82) is 0 Å². The second kappa shape index (κ2) is 7.42. The van der Waals surface area contributed by atoms with Crippen molar-refractivity contribution in [3.8, 4) is 0 Å². The Morgan fingerprint density at radius 1 is 1.00 bits per heavy atom. The molecule has 1 aliphatic rings. The molecule has 2 aromatic rings. The number of rotatable bonds is 6. The van der Waals surface area contributed by atoms with Crippen LogP contribution in [-0.4, -0.2) is 23.0 Å². The first-order valence-corrected chi connectivity index (χ1v) is 8.27. The molecule has 0 bridgehead atoms. The van der Waals surface area contributed by atoms with E-state index in [2.05, 4.69) is 31.2 Å². The largest absolute Gasteiger partial charge is 0.371 e. The molecule has 0 saturated carbocycles. The number of carbonyl (C=O) groups is 1. The van der Waals surface area contributed by atoms with Crippen LogP contribution in [0, 0.1) is 0 Å². The van der Waals surface area contributed by atoms with Gasteiger partial charge in [-0.1, -0.05) is 67.6 Å². The van der Waals surface area contributed by atoms with Gasteiger partial charge in [-0.05, 0) is 17.5 Å². The number of benzene rings is 2. The molecule has 0 aliphatic carbocycles. The SMILES string of the molecule is CC[C@@H]1[C@@H](OCc2ccccc2)CC(=O)N1Cc1ccccc1. The van der Waals surface area contributed by atoms with E-state index in [9.17, 15) is 4.79 Å². The predicted octanol–water partition coefficient (Wildman–Crippen LogP) is 3.78. The van der Waals surface area contributed by atoms with Gasteiger partial charge in [-0.2, -0.15) is 0 Å². The average Bonchev–Trinajstić information content (AvgIpc) is 2.90. The number of hydrogen-bond donors (Lipinski definition) is 0. The molecule has 0 radical (unpaired) electrons. The van der Waals surface area contributed by atoms with Crippen LogP contribution in [0.1, 0.15) is 30.9 Å². The van der Waals surface area contributed by atoms with Gasteiger partial charge in [0.25, 0.3) is 0 Å². The molecular formula is C20H23NO2. The highest BCUT2D eigenvalue weighted by Gasteiger charge is 2.39. The summed E-state index contributed by atoms with van der Waals surface area (Å²) in [6.07, 6.45) is 1.38. The van der Waals surface area contributed by atoms with Gasteiger partial charge in [-0.15, -0.1) is 0 Å². The molecular weight excluding hydrogens is 286 g/mol. The summed E-state index contributed by atoms with van der Waals surface area (Å²) in [7, 11) is 0. The van der Waals surface area contributed by atoms with E-state index in [4.69, 9.17) is 4.74 Å². The minimum Gasteiger partial charge on any atom is -0.371 e. The van der Waals surface area contributed by atoms with Crippen LogP contribution in [0.25, 0.3) is 0 Å². The van der Waals surface area contributed by atoms with Crippen LogP contribution in [0.3, 0.4) is 0 Å². The summed E-state index contributed by atoms with van der Waals surface area (Å²) >= 11 is 0. The van der Waals surface area contributed by atoms with Crippen molar-refractivity contribution < 1.29 is 9.53 Å². The molecule has 2 atom stereocenters. The van der Waals surface area contributed by atoms with E-state index in [-0.39, 0.29) is 18.1 Å². The smallest absolute Gasteiger partial charge is 0.225 e. The number of nitrogens with zero attached hydrogens (tertiary/aromatic N) is 1. The van der Waals surface area contributed by atoms with Crippen LogP contribution < -0.4 is 0 Å². The van der Waals surface area contributed by atoms with Crippen molar-refractivity contribution in [1.82, 2.24) is 4.90 Å².